The molecule has 408 valence electrons. The zero-order valence-electron chi connectivity index (χ0n) is 42.1. The number of hydrogen-bond donors (Lipinski definition) is 0. The van der Waals surface area contributed by atoms with Crippen LogP contribution in [0.5, 0.6) is 0 Å². The Morgan fingerprint density at radius 2 is 1.01 bits per heavy atom. The van der Waals surface area contributed by atoms with E-state index in [0.717, 1.165) is 60.7 Å². The fourth-order valence-corrected chi connectivity index (χ4v) is 8.24. The molecular formula is C55H59F9O11. The fraction of sp³-hybridized carbons (Fsp3) is 0.418. The smallest absolute Gasteiger partial charge is 0.432 e. The number of halogens is 9. The molecule has 0 aromatic heterocycles. The van der Waals surface area contributed by atoms with Crippen molar-refractivity contribution in [1.29, 1.82) is 0 Å². The standard InChI is InChI=1S/C55H59F9O11/c1-36(2)44(75-49(68)52(71-7,55(62,63)64)43-27-15-10-16-28-43)31-29-38(4)20-17-19-37(3)21-18-22-39(34-72-47(66)50(69-5,53(56,57)58)41-23-11-8-12-24-41)30-32-45-40(33-46(65)74-45)35-73-48(67)51(70-6,54(59,60)61)42-25-13-9-14-26-42/h8-16,20-21,23-28,30,33,44-45H,1,17-19,22,29,31-32,34-35H2,2-7H3/b37-21+,38-20+,39-30-/t44-,45-,50+,51+,52+/m1/s1. The zero-order chi connectivity index (χ0) is 55.8. The number of esters is 4. The largest absolute Gasteiger partial charge is 0.459 e. The predicted octanol–water partition coefficient (Wildman–Crippen LogP) is 12.3. The van der Waals surface area contributed by atoms with Gasteiger partial charge in [-0.25, -0.2) is 19.2 Å². The van der Waals surface area contributed by atoms with Gasteiger partial charge in [0.05, 0.1) is 0 Å². The third-order valence-corrected chi connectivity index (χ3v) is 12.5. The molecule has 0 amide bonds. The second-order valence-corrected chi connectivity index (χ2v) is 17.6. The van der Waals surface area contributed by atoms with Crippen LogP contribution in [-0.4, -0.2) is 89.2 Å². The minimum Gasteiger partial charge on any atom is -0.459 e. The van der Waals surface area contributed by atoms with Crippen LogP contribution in [-0.2, 0) is 69.1 Å². The van der Waals surface area contributed by atoms with Crippen LogP contribution >= 0.6 is 0 Å². The van der Waals surface area contributed by atoms with Crippen LogP contribution in [0.25, 0.3) is 0 Å². The van der Waals surface area contributed by atoms with E-state index < -0.39 is 101 Å². The van der Waals surface area contributed by atoms with Gasteiger partial charge in [-0.1, -0.05) is 127 Å². The number of cyclic esters (lactones) is 1. The molecule has 0 saturated heterocycles. The van der Waals surface area contributed by atoms with Crippen molar-refractivity contribution in [2.75, 3.05) is 34.5 Å². The van der Waals surface area contributed by atoms with Crippen molar-refractivity contribution in [3.05, 3.63) is 166 Å². The Labute approximate surface area is 429 Å². The summed E-state index contributed by atoms with van der Waals surface area (Å²) in [6, 6.07) is 18.6. The number of allylic oxidation sites excluding steroid dienone is 4. The molecule has 3 aromatic carbocycles. The average molecular weight is 1070 g/mol. The van der Waals surface area contributed by atoms with Crippen LogP contribution in [0.1, 0.15) is 82.4 Å². The molecular weight excluding hydrogens is 1010 g/mol. The topological polar surface area (TPSA) is 133 Å². The van der Waals surface area contributed by atoms with Gasteiger partial charge >= 0.3 is 42.4 Å². The van der Waals surface area contributed by atoms with Gasteiger partial charge in [-0.15, -0.1) is 0 Å². The van der Waals surface area contributed by atoms with Crippen LogP contribution in [0, 0.1) is 0 Å². The lowest BCUT2D eigenvalue weighted by atomic mass is 9.92. The SMILES string of the molecule is C=C(C)[C@@H](CC/C(C)=C/CC/C(C)=C/CC/C(=C/C[C@H]1OC(=O)C=C1COC(=O)[C@@](OC)(c1ccccc1)C(F)(F)F)COC(=O)[C@@](OC)(c1ccccc1)C(F)(F)F)OC(=O)[C@@](OC)(c1ccccc1)C(F)(F)F. The van der Waals surface area contributed by atoms with E-state index in [1.54, 1.807) is 6.92 Å². The minimum absolute atomic E-state index is 0.0476. The summed E-state index contributed by atoms with van der Waals surface area (Å²) in [5.41, 5.74) is -9.77. The summed E-state index contributed by atoms with van der Waals surface area (Å²) in [7, 11) is 2.17. The van der Waals surface area contributed by atoms with E-state index in [1.165, 1.54) is 67.6 Å². The first-order valence-electron chi connectivity index (χ1n) is 23.4. The van der Waals surface area contributed by atoms with Gasteiger partial charge in [0.1, 0.15) is 25.4 Å². The molecule has 1 aliphatic heterocycles. The Balaban J connectivity index is 1.48. The summed E-state index contributed by atoms with van der Waals surface area (Å²) in [4.78, 5) is 52.5. The number of rotatable bonds is 26. The van der Waals surface area contributed by atoms with Crippen molar-refractivity contribution >= 4 is 23.9 Å². The van der Waals surface area contributed by atoms with E-state index >= 15 is 0 Å². The molecule has 0 radical (unpaired) electrons. The van der Waals surface area contributed by atoms with Crippen molar-refractivity contribution in [2.24, 2.45) is 0 Å². The Morgan fingerprint density at radius 3 is 1.44 bits per heavy atom. The van der Waals surface area contributed by atoms with Crippen molar-refractivity contribution in [2.45, 2.75) is 113 Å². The Kier molecular flexibility index (Phi) is 21.4. The second kappa shape index (κ2) is 26.3. The Hall–Kier alpha value is -6.51. The summed E-state index contributed by atoms with van der Waals surface area (Å²) < 4.78 is 167. The maximum atomic E-state index is 14.7. The van der Waals surface area contributed by atoms with E-state index in [1.807, 2.05) is 19.1 Å². The van der Waals surface area contributed by atoms with Gasteiger partial charge in [-0.05, 0) is 70.4 Å². The van der Waals surface area contributed by atoms with Crippen LogP contribution in [0.3, 0.4) is 0 Å². The maximum Gasteiger partial charge on any atom is 0.432 e. The number of carbonyl (C=O) groups is 4. The second-order valence-electron chi connectivity index (χ2n) is 17.6. The molecule has 5 atom stereocenters. The summed E-state index contributed by atoms with van der Waals surface area (Å²) in [5.74, 6) is -6.16. The normalized spacial score (nSPS) is 17.6. The Morgan fingerprint density at radius 1 is 0.600 bits per heavy atom. The van der Waals surface area contributed by atoms with Crippen LogP contribution < -0.4 is 0 Å². The highest BCUT2D eigenvalue weighted by atomic mass is 19.4. The van der Waals surface area contributed by atoms with E-state index in [2.05, 4.69) is 6.58 Å². The summed E-state index contributed by atoms with van der Waals surface area (Å²) >= 11 is 0. The highest BCUT2D eigenvalue weighted by molar-refractivity contribution is 5.87. The molecule has 4 rings (SSSR count). The van der Waals surface area contributed by atoms with Gasteiger partial charge in [0, 0.05) is 56.1 Å². The molecule has 3 aromatic rings. The van der Waals surface area contributed by atoms with Gasteiger partial charge in [0.15, 0.2) is 0 Å². The number of methoxy groups -OCH3 is 3. The highest BCUT2D eigenvalue weighted by Crippen LogP contribution is 2.46. The van der Waals surface area contributed by atoms with Crippen LogP contribution in [0.4, 0.5) is 39.5 Å². The number of carbonyl (C=O) groups excluding carboxylic acids is 4. The Bertz CT molecular complexity index is 2550. The van der Waals surface area contributed by atoms with E-state index in [-0.39, 0.29) is 36.8 Å². The molecule has 1 heterocycles. The maximum absolute atomic E-state index is 14.7. The third-order valence-electron chi connectivity index (χ3n) is 12.5. The average Bonchev–Trinajstić information content (AvgIpc) is 3.71. The van der Waals surface area contributed by atoms with E-state index in [9.17, 15) is 58.7 Å². The summed E-state index contributed by atoms with van der Waals surface area (Å²) in [6.45, 7) is 7.41. The number of hydrogen-bond acceptors (Lipinski definition) is 11. The first kappa shape index (κ1) is 61.0. The van der Waals surface area contributed by atoms with Crippen molar-refractivity contribution in [1.82, 2.24) is 0 Å². The molecule has 20 heteroatoms. The number of benzene rings is 3. The van der Waals surface area contributed by atoms with Gasteiger partial charge in [0.25, 0.3) is 16.8 Å². The zero-order valence-corrected chi connectivity index (χ0v) is 42.1. The van der Waals surface area contributed by atoms with Crippen molar-refractivity contribution in [3.8, 4) is 0 Å². The molecule has 0 bridgehead atoms. The van der Waals surface area contributed by atoms with Crippen molar-refractivity contribution < 1.29 is 91.8 Å². The van der Waals surface area contributed by atoms with Gasteiger partial charge < -0.3 is 33.2 Å². The highest BCUT2D eigenvalue weighted by Gasteiger charge is 2.66. The summed E-state index contributed by atoms with van der Waals surface area (Å²) in [6.07, 6.45) is -10.4. The lowest BCUT2D eigenvalue weighted by molar-refractivity contribution is -0.278. The predicted molar refractivity (Wildman–Crippen MR) is 256 cm³/mol. The lowest BCUT2D eigenvalue weighted by Gasteiger charge is -2.34. The monoisotopic (exact) mass is 1070 g/mol. The molecule has 0 aliphatic carbocycles. The third kappa shape index (κ3) is 14.5. The lowest BCUT2D eigenvalue weighted by Crippen LogP contribution is -2.52. The van der Waals surface area contributed by atoms with E-state index in [0.29, 0.717) is 39.1 Å². The first-order chi connectivity index (χ1) is 35.2. The van der Waals surface area contributed by atoms with Gasteiger partial charge in [-0.3, -0.25) is 0 Å². The van der Waals surface area contributed by atoms with E-state index in [4.69, 9.17) is 33.2 Å². The summed E-state index contributed by atoms with van der Waals surface area (Å²) in [5, 5.41) is 0. The van der Waals surface area contributed by atoms with Crippen LogP contribution in [0.2, 0.25) is 0 Å². The molecule has 0 unspecified atom stereocenters. The molecule has 11 nitrogen and oxygen atoms in total. The minimum atomic E-state index is -5.29. The molecule has 75 heavy (non-hydrogen) atoms. The van der Waals surface area contributed by atoms with Gasteiger partial charge in [-0.2, -0.15) is 39.5 Å². The van der Waals surface area contributed by atoms with Crippen LogP contribution in [0.15, 0.2) is 150 Å². The molecule has 0 fully saturated rings. The number of alkyl halides is 9. The number of ether oxygens (including phenoxy) is 7. The molecule has 0 N–H and O–H groups in total. The first-order valence-corrected chi connectivity index (χ1v) is 23.4. The fourth-order valence-electron chi connectivity index (χ4n) is 8.24. The quantitative estimate of drug-likeness (QED) is 0.0329. The molecule has 0 spiro atoms. The molecule has 0 saturated carbocycles. The van der Waals surface area contributed by atoms with Gasteiger partial charge in [0.2, 0.25) is 0 Å². The van der Waals surface area contributed by atoms with Crippen molar-refractivity contribution in [3.63, 3.8) is 0 Å². The molecule has 1 aliphatic rings.